The number of hydrogen-bond donors (Lipinski definition) is 0. The van der Waals surface area contributed by atoms with Gasteiger partial charge in [-0.1, -0.05) is 18.5 Å². The summed E-state index contributed by atoms with van der Waals surface area (Å²) < 4.78 is 0. The van der Waals surface area contributed by atoms with Crippen molar-refractivity contribution in [2.24, 2.45) is 0 Å². The molecule has 1 rings (SSSR count). The number of carbonyl (C=O) groups excluding carboxylic acids is 1. The summed E-state index contributed by atoms with van der Waals surface area (Å²) in [6.07, 6.45) is 0.551. The molecular formula is C10H10ClO2S-. The smallest absolute Gasteiger partial charge is 0.0548 e. The lowest BCUT2D eigenvalue weighted by atomic mass is 10.3. The SMILES string of the molecule is CCC(Sc1ccc(Cl)cc1)C(=O)[O-]. The highest BCUT2D eigenvalue weighted by Gasteiger charge is 2.08. The number of carbonyl (C=O) groups is 1. The fraction of sp³-hybridized carbons (Fsp3) is 0.300. The van der Waals surface area contributed by atoms with Gasteiger partial charge in [-0.05, 0) is 30.7 Å². The highest BCUT2D eigenvalue weighted by molar-refractivity contribution is 8.00. The van der Waals surface area contributed by atoms with Crippen LogP contribution in [0, 0.1) is 0 Å². The van der Waals surface area contributed by atoms with Gasteiger partial charge in [0.2, 0.25) is 0 Å². The zero-order chi connectivity index (χ0) is 10.6. The topological polar surface area (TPSA) is 40.1 Å². The van der Waals surface area contributed by atoms with E-state index in [1.165, 1.54) is 11.8 Å². The molecule has 76 valence electrons. The summed E-state index contributed by atoms with van der Waals surface area (Å²) in [5, 5.41) is 10.8. The minimum Gasteiger partial charge on any atom is -0.549 e. The van der Waals surface area contributed by atoms with Crippen LogP contribution < -0.4 is 5.11 Å². The Morgan fingerprint density at radius 1 is 1.50 bits per heavy atom. The predicted molar refractivity (Wildman–Crippen MR) is 56.4 cm³/mol. The maximum absolute atomic E-state index is 10.6. The Kier molecular flexibility index (Phi) is 4.29. The maximum atomic E-state index is 10.6. The summed E-state index contributed by atoms with van der Waals surface area (Å²) in [6.45, 7) is 1.82. The number of carboxylic acids is 1. The van der Waals surface area contributed by atoms with Crippen LogP contribution in [-0.2, 0) is 4.79 Å². The van der Waals surface area contributed by atoms with Gasteiger partial charge >= 0.3 is 0 Å². The van der Waals surface area contributed by atoms with Gasteiger partial charge in [0.15, 0.2) is 0 Å². The molecule has 0 aromatic heterocycles. The summed E-state index contributed by atoms with van der Waals surface area (Å²) in [4.78, 5) is 11.5. The van der Waals surface area contributed by atoms with Crippen molar-refractivity contribution in [3.05, 3.63) is 29.3 Å². The second-order valence-electron chi connectivity index (χ2n) is 2.79. The maximum Gasteiger partial charge on any atom is 0.0548 e. The molecule has 0 amide bonds. The molecule has 0 saturated carbocycles. The summed E-state index contributed by atoms with van der Waals surface area (Å²) in [7, 11) is 0. The number of aliphatic carboxylic acids is 1. The Morgan fingerprint density at radius 3 is 2.50 bits per heavy atom. The summed E-state index contributed by atoms with van der Waals surface area (Å²) in [5.74, 6) is -1.02. The highest BCUT2D eigenvalue weighted by Crippen LogP contribution is 2.26. The van der Waals surface area contributed by atoms with E-state index in [0.717, 1.165) is 4.90 Å². The lowest BCUT2D eigenvalue weighted by Gasteiger charge is -2.14. The van der Waals surface area contributed by atoms with E-state index in [1.54, 1.807) is 24.3 Å². The normalized spacial score (nSPS) is 12.4. The summed E-state index contributed by atoms with van der Waals surface area (Å²) in [6, 6.07) is 7.09. The molecular weight excluding hydrogens is 220 g/mol. The van der Waals surface area contributed by atoms with E-state index in [9.17, 15) is 9.90 Å². The van der Waals surface area contributed by atoms with Gasteiger partial charge in [-0.2, -0.15) is 0 Å². The van der Waals surface area contributed by atoms with Crippen LogP contribution in [0.3, 0.4) is 0 Å². The van der Waals surface area contributed by atoms with Gasteiger partial charge in [0.25, 0.3) is 0 Å². The van der Waals surface area contributed by atoms with Crippen LogP contribution in [0.15, 0.2) is 29.2 Å². The molecule has 0 aliphatic heterocycles. The third-order valence-electron chi connectivity index (χ3n) is 1.73. The molecule has 0 fully saturated rings. The highest BCUT2D eigenvalue weighted by atomic mass is 35.5. The Morgan fingerprint density at radius 2 is 2.07 bits per heavy atom. The van der Waals surface area contributed by atoms with Gasteiger partial charge in [0.05, 0.1) is 5.97 Å². The molecule has 0 heterocycles. The second-order valence-corrected chi connectivity index (χ2v) is 4.50. The summed E-state index contributed by atoms with van der Waals surface area (Å²) >= 11 is 6.99. The third kappa shape index (κ3) is 3.24. The molecule has 0 N–H and O–H groups in total. The molecule has 1 unspecified atom stereocenters. The number of rotatable bonds is 4. The monoisotopic (exact) mass is 229 g/mol. The molecule has 1 aromatic carbocycles. The van der Waals surface area contributed by atoms with Crippen LogP contribution in [0.1, 0.15) is 13.3 Å². The quantitative estimate of drug-likeness (QED) is 0.741. The van der Waals surface area contributed by atoms with Gasteiger partial charge in [-0.25, -0.2) is 0 Å². The first-order chi connectivity index (χ1) is 6.63. The molecule has 0 aliphatic carbocycles. The van der Waals surface area contributed by atoms with Crippen molar-refractivity contribution in [1.29, 1.82) is 0 Å². The molecule has 1 aromatic rings. The average Bonchev–Trinajstić information content (AvgIpc) is 2.16. The van der Waals surface area contributed by atoms with Crippen LogP contribution >= 0.6 is 23.4 Å². The second kappa shape index (κ2) is 5.27. The molecule has 0 bridgehead atoms. The zero-order valence-electron chi connectivity index (χ0n) is 7.70. The van der Waals surface area contributed by atoms with Crippen LogP contribution in [0.2, 0.25) is 5.02 Å². The zero-order valence-corrected chi connectivity index (χ0v) is 9.27. The molecule has 14 heavy (non-hydrogen) atoms. The minimum absolute atomic E-state index is 0.490. The van der Waals surface area contributed by atoms with Gasteiger partial charge in [0.1, 0.15) is 0 Å². The number of benzene rings is 1. The number of hydrogen-bond acceptors (Lipinski definition) is 3. The van der Waals surface area contributed by atoms with Crippen molar-refractivity contribution in [2.75, 3.05) is 0 Å². The van der Waals surface area contributed by atoms with E-state index < -0.39 is 11.2 Å². The third-order valence-corrected chi connectivity index (χ3v) is 3.33. The predicted octanol–water partition coefficient (Wildman–Crippen LogP) is 1.96. The molecule has 0 radical (unpaired) electrons. The van der Waals surface area contributed by atoms with Crippen molar-refractivity contribution >= 4 is 29.3 Å². The number of thioether (sulfide) groups is 1. The van der Waals surface area contributed by atoms with Gasteiger partial charge in [-0.15, -0.1) is 11.8 Å². The Bertz CT molecular complexity index is 310. The first-order valence-corrected chi connectivity index (χ1v) is 5.52. The van der Waals surface area contributed by atoms with Crippen LogP contribution in [0.4, 0.5) is 0 Å². The first kappa shape index (κ1) is 11.4. The van der Waals surface area contributed by atoms with Crippen molar-refractivity contribution in [2.45, 2.75) is 23.5 Å². The summed E-state index contributed by atoms with van der Waals surface area (Å²) in [5.41, 5.74) is 0. The van der Waals surface area contributed by atoms with Crippen molar-refractivity contribution in [1.82, 2.24) is 0 Å². The van der Waals surface area contributed by atoms with E-state index in [4.69, 9.17) is 11.6 Å². The first-order valence-electron chi connectivity index (χ1n) is 4.26. The average molecular weight is 230 g/mol. The lowest BCUT2D eigenvalue weighted by molar-refractivity contribution is -0.304. The minimum atomic E-state index is -1.02. The van der Waals surface area contributed by atoms with Crippen molar-refractivity contribution in [3.63, 3.8) is 0 Å². The van der Waals surface area contributed by atoms with Crippen LogP contribution in [0.25, 0.3) is 0 Å². The van der Waals surface area contributed by atoms with Crippen LogP contribution in [0.5, 0.6) is 0 Å². The fourth-order valence-corrected chi connectivity index (χ4v) is 1.99. The molecule has 2 nitrogen and oxygen atoms in total. The molecule has 0 aliphatic rings. The molecule has 4 heteroatoms. The van der Waals surface area contributed by atoms with E-state index in [1.807, 2.05) is 6.92 Å². The van der Waals surface area contributed by atoms with Crippen LogP contribution in [-0.4, -0.2) is 11.2 Å². The van der Waals surface area contributed by atoms with Gasteiger partial charge in [0, 0.05) is 15.2 Å². The Hall–Kier alpha value is -0.670. The standard InChI is InChI=1S/C10H11ClO2S/c1-2-9(10(12)13)14-8-5-3-7(11)4-6-8/h3-6,9H,2H2,1H3,(H,12,13)/p-1. The van der Waals surface area contributed by atoms with E-state index >= 15 is 0 Å². The van der Waals surface area contributed by atoms with E-state index in [0.29, 0.717) is 11.4 Å². The lowest BCUT2D eigenvalue weighted by Crippen LogP contribution is -2.32. The van der Waals surface area contributed by atoms with Crippen molar-refractivity contribution < 1.29 is 9.90 Å². The fourth-order valence-electron chi connectivity index (χ4n) is 0.976. The van der Waals surface area contributed by atoms with E-state index in [2.05, 4.69) is 0 Å². The molecule has 1 atom stereocenters. The van der Waals surface area contributed by atoms with Crippen molar-refractivity contribution in [3.8, 4) is 0 Å². The van der Waals surface area contributed by atoms with Gasteiger partial charge in [-0.3, -0.25) is 0 Å². The Balaban J connectivity index is 2.67. The molecule has 0 spiro atoms. The number of halogens is 1. The Labute approximate surface area is 92.3 Å². The number of carboxylic acid groups (broad SMARTS) is 1. The largest absolute Gasteiger partial charge is 0.549 e. The molecule has 0 saturated heterocycles. The van der Waals surface area contributed by atoms with Gasteiger partial charge < -0.3 is 9.90 Å². The van der Waals surface area contributed by atoms with E-state index in [-0.39, 0.29) is 0 Å².